The molecule has 0 saturated carbocycles. The van der Waals surface area contributed by atoms with Crippen LogP contribution in [0.3, 0.4) is 0 Å². The van der Waals surface area contributed by atoms with Gasteiger partial charge in [0.05, 0.1) is 0 Å². The fraction of sp³-hybridized carbons (Fsp3) is 1.00. The second-order valence-electron chi connectivity index (χ2n) is 7.08. The number of hydrogen-bond donors (Lipinski definition) is 2. The molecule has 0 amide bonds. The van der Waals surface area contributed by atoms with Crippen molar-refractivity contribution in [2.24, 2.45) is 11.5 Å². The Labute approximate surface area is 140 Å². The van der Waals surface area contributed by atoms with Gasteiger partial charge in [0.15, 0.2) is 0 Å². The Morgan fingerprint density at radius 2 is 0.909 bits per heavy atom. The lowest BCUT2D eigenvalue weighted by Crippen LogP contribution is -2.23. The van der Waals surface area contributed by atoms with Crippen LogP contribution >= 0.6 is 0 Å². The Morgan fingerprint density at radius 3 is 1.27 bits per heavy atom. The predicted octanol–water partition coefficient (Wildman–Crippen LogP) is 5.92. The van der Waals surface area contributed by atoms with Gasteiger partial charge in [-0.2, -0.15) is 0 Å². The summed E-state index contributed by atoms with van der Waals surface area (Å²) in [6, 6.07) is 0.340. The van der Waals surface area contributed by atoms with Gasteiger partial charge in [-0.3, -0.25) is 0 Å². The second-order valence-corrected chi connectivity index (χ2v) is 7.08. The molecule has 0 aromatic rings. The molecule has 4 N–H and O–H groups in total. The maximum absolute atomic E-state index is 5.96. The van der Waals surface area contributed by atoms with Gasteiger partial charge in [0.2, 0.25) is 0 Å². The minimum Gasteiger partial charge on any atom is -0.330 e. The van der Waals surface area contributed by atoms with Crippen LogP contribution in [-0.2, 0) is 0 Å². The lowest BCUT2D eigenvalue weighted by atomic mass is 10.0. The molecule has 0 aromatic carbocycles. The molecule has 0 fully saturated rings. The van der Waals surface area contributed by atoms with Crippen molar-refractivity contribution in [1.82, 2.24) is 0 Å². The van der Waals surface area contributed by atoms with Gasteiger partial charge >= 0.3 is 0 Å². The maximum atomic E-state index is 5.96. The van der Waals surface area contributed by atoms with Crippen LogP contribution in [0.15, 0.2) is 0 Å². The van der Waals surface area contributed by atoms with Gasteiger partial charge in [0.1, 0.15) is 0 Å². The van der Waals surface area contributed by atoms with Crippen LogP contribution in [0.1, 0.15) is 116 Å². The highest BCUT2D eigenvalue weighted by atomic mass is 14.6. The molecule has 0 spiro atoms. The first kappa shape index (κ1) is 21.9. The molecule has 2 heteroatoms. The lowest BCUT2D eigenvalue weighted by molar-refractivity contribution is 0.505. The first-order valence-corrected chi connectivity index (χ1v) is 10.3. The van der Waals surface area contributed by atoms with E-state index in [4.69, 9.17) is 11.5 Å². The molecule has 0 radical (unpaired) electrons. The van der Waals surface area contributed by atoms with Crippen LogP contribution in [0.2, 0.25) is 0 Å². The van der Waals surface area contributed by atoms with Crippen molar-refractivity contribution >= 4 is 0 Å². The Hall–Kier alpha value is -0.0800. The van der Waals surface area contributed by atoms with Gasteiger partial charge in [0, 0.05) is 6.04 Å². The first-order chi connectivity index (χ1) is 10.8. The SMILES string of the molecule is CCCCCCCCCCCCCCCCCC(N)CCN. The van der Waals surface area contributed by atoms with Crippen molar-refractivity contribution in [3.05, 3.63) is 0 Å². The molecular formula is C20H44N2. The van der Waals surface area contributed by atoms with E-state index in [0.29, 0.717) is 6.04 Å². The molecule has 0 rings (SSSR count). The van der Waals surface area contributed by atoms with Crippen molar-refractivity contribution in [2.75, 3.05) is 6.54 Å². The molecule has 0 bridgehead atoms. The molecule has 0 aliphatic heterocycles. The molecule has 0 aliphatic rings. The highest BCUT2D eigenvalue weighted by Crippen LogP contribution is 2.14. The van der Waals surface area contributed by atoms with E-state index < -0.39 is 0 Å². The maximum Gasteiger partial charge on any atom is 0.00508 e. The molecule has 0 aliphatic carbocycles. The summed E-state index contributed by atoms with van der Waals surface area (Å²) in [6.07, 6.45) is 23.5. The van der Waals surface area contributed by atoms with E-state index in [2.05, 4.69) is 6.92 Å². The van der Waals surface area contributed by atoms with Crippen LogP contribution in [-0.4, -0.2) is 12.6 Å². The molecule has 1 unspecified atom stereocenters. The first-order valence-electron chi connectivity index (χ1n) is 10.3. The largest absolute Gasteiger partial charge is 0.330 e. The minimum atomic E-state index is 0.340. The summed E-state index contributed by atoms with van der Waals surface area (Å²) in [7, 11) is 0. The minimum absolute atomic E-state index is 0.340. The van der Waals surface area contributed by atoms with Gasteiger partial charge in [-0.1, -0.05) is 103 Å². The Morgan fingerprint density at radius 1 is 0.545 bits per heavy atom. The van der Waals surface area contributed by atoms with Gasteiger partial charge < -0.3 is 11.5 Å². The van der Waals surface area contributed by atoms with Gasteiger partial charge in [0.25, 0.3) is 0 Å². The molecule has 0 saturated heterocycles. The van der Waals surface area contributed by atoms with Crippen molar-refractivity contribution < 1.29 is 0 Å². The van der Waals surface area contributed by atoms with Crippen molar-refractivity contribution in [1.29, 1.82) is 0 Å². The zero-order valence-electron chi connectivity index (χ0n) is 15.5. The third kappa shape index (κ3) is 18.0. The van der Waals surface area contributed by atoms with E-state index >= 15 is 0 Å². The van der Waals surface area contributed by atoms with Crippen LogP contribution in [0.5, 0.6) is 0 Å². The van der Waals surface area contributed by atoms with Crippen LogP contribution < -0.4 is 11.5 Å². The fourth-order valence-corrected chi connectivity index (χ4v) is 3.14. The van der Waals surface area contributed by atoms with E-state index in [1.807, 2.05) is 0 Å². The summed E-state index contributed by atoms with van der Waals surface area (Å²) in [5.41, 5.74) is 11.5. The van der Waals surface area contributed by atoms with Crippen molar-refractivity contribution in [3.63, 3.8) is 0 Å². The van der Waals surface area contributed by atoms with E-state index in [0.717, 1.165) is 19.4 Å². The Bertz CT molecular complexity index is 194. The Balaban J connectivity index is 3.00. The highest BCUT2D eigenvalue weighted by molar-refractivity contribution is 4.61. The van der Waals surface area contributed by atoms with E-state index in [1.54, 1.807) is 0 Å². The average Bonchev–Trinajstić information content (AvgIpc) is 2.51. The van der Waals surface area contributed by atoms with Crippen molar-refractivity contribution in [3.8, 4) is 0 Å². The third-order valence-corrected chi connectivity index (χ3v) is 4.72. The number of hydrogen-bond acceptors (Lipinski definition) is 2. The highest BCUT2D eigenvalue weighted by Gasteiger charge is 2.00. The zero-order chi connectivity index (χ0) is 16.3. The summed E-state index contributed by atoms with van der Waals surface area (Å²) in [5, 5.41) is 0. The number of unbranched alkanes of at least 4 members (excludes halogenated alkanes) is 14. The third-order valence-electron chi connectivity index (χ3n) is 4.72. The van der Waals surface area contributed by atoms with Crippen LogP contribution in [0.4, 0.5) is 0 Å². The summed E-state index contributed by atoms with van der Waals surface area (Å²) >= 11 is 0. The second kappa shape index (κ2) is 19.0. The molecule has 22 heavy (non-hydrogen) atoms. The van der Waals surface area contributed by atoms with E-state index in [1.165, 1.54) is 96.3 Å². The summed E-state index contributed by atoms with van der Waals surface area (Å²) < 4.78 is 0. The molecule has 0 aromatic heterocycles. The fourth-order valence-electron chi connectivity index (χ4n) is 3.14. The normalized spacial score (nSPS) is 12.7. The number of nitrogens with two attached hydrogens (primary N) is 2. The molecule has 1 atom stereocenters. The Kier molecular flexibility index (Phi) is 18.9. The average molecular weight is 313 g/mol. The lowest BCUT2D eigenvalue weighted by Gasteiger charge is -2.09. The van der Waals surface area contributed by atoms with Gasteiger partial charge in [-0.05, 0) is 19.4 Å². The predicted molar refractivity (Wildman–Crippen MR) is 101 cm³/mol. The molecular weight excluding hydrogens is 268 g/mol. The van der Waals surface area contributed by atoms with Gasteiger partial charge in [-0.25, -0.2) is 0 Å². The van der Waals surface area contributed by atoms with E-state index in [-0.39, 0.29) is 0 Å². The quantitative estimate of drug-likeness (QED) is 0.308. The summed E-state index contributed by atoms with van der Waals surface area (Å²) in [4.78, 5) is 0. The van der Waals surface area contributed by atoms with Crippen LogP contribution in [0, 0.1) is 0 Å². The topological polar surface area (TPSA) is 52.0 Å². The van der Waals surface area contributed by atoms with Gasteiger partial charge in [-0.15, -0.1) is 0 Å². The molecule has 0 heterocycles. The smallest absolute Gasteiger partial charge is 0.00508 e. The molecule has 2 nitrogen and oxygen atoms in total. The summed E-state index contributed by atoms with van der Waals surface area (Å²) in [6.45, 7) is 3.02. The standard InChI is InChI=1S/C20H44N2/c1-2-3-4-5-6-7-8-9-10-11-12-13-14-15-16-17-20(22)18-19-21/h20H,2-19,21-22H2,1H3. The van der Waals surface area contributed by atoms with Crippen molar-refractivity contribution in [2.45, 2.75) is 122 Å². The summed E-state index contributed by atoms with van der Waals surface area (Å²) in [5.74, 6) is 0. The van der Waals surface area contributed by atoms with Crippen LogP contribution in [0.25, 0.3) is 0 Å². The number of rotatable bonds is 18. The van der Waals surface area contributed by atoms with E-state index in [9.17, 15) is 0 Å². The molecule has 134 valence electrons. The monoisotopic (exact) mass is 312 g/mol. The zero-order valence-corrected chi connectivity index (χ0v) is 15.5.